The summed E-state index contributed by atoms with van der Waals surface area (Å²) in [6.45, 7) is 3.86. The van der Waals surface area contributed by atoms with Gasteiger partial charge < -0.3 is 14.0 Å². The normalized spacial score (nSPS) is 11.0. The molecule has 4 nitrogen and oxygen atoms in total. The van der Waals surface area contributed by atoms with Gasteiger partial charge in [0.1, 0.15) is 5.75 Å². The van der Waals surface area contributed by atoms with Crippen LogP contribution in [0.15, 0.2) is 24.4 Å². The first kappa shape index (κ1) is 13.5. The molecule has 0 aliphatic carbocycles. The molecule has 0 saturated carbocycles. The molecule has 0 unspecified atom stereocenters. The summed E-state index contributed by atoms with van der Waals surface area (Å²) >= 11 is 0. The summed E-state index contributed by atoms with van der Waals surface area (Å²) in [4.78, 5) is 0. The fraction of sp³-hybridized carbons (Fsp3) is 0.400. The third-order valence-corrected chi connectivity index (χ3v) is 3.01. The average Bonchev–Trinajstić information content (AvgIpc) is 2.64. The van der Waals surface area contributed by atoms with E-state index >= 15 is 0 Å². The maximum absolute atomic E-state index is 7.88. The molecule has 0 radical (unpaired) electrons. The van der Waals surface area contributed by atoms with E-state index in [1.165, 1.54) is 0 Å². The van der Waals surface area contributed by atoms with E-state index in [0.29, 0.717) is 12.3 Å². The monoisotopic (exact) mass is 260 g/mol. The maximum atomic E-state index is 7.88. The zero-order valence-corrected chi connectivity index (χ0v) is 11.9. The fourth-order valence-electron chi connectivity index (χ4n) is 2.22. The molecular formula is C15H20N2O2. The smallest absolute Gasteiger partial charge is 0.185 e. The maximum Gasteiger partial charge on any atom is 0.185 e. The van der Waals surface area contributed by atoms with Crippen LogP contribution in [0.1, 0.15) is 19.4 Å². The highest BCUT2D eigenvalue weighted by molar-refractivity contribution is 5.89. The first-order valence-electron chi connectivity index (χ1n) is 6.37. The van der Waals surface area contributed by atoms with Gasteiger partial charge in [-0.05, 0) is 37.6 Å². The van der Waals surface area contributed by atoms with Crippen molar-refractivity contribution in [3.63, 3.8) is 0 Å². The van der Waals surface area contributed by atoms with Gasteiger partial charge in [-0.15, -0.1) is 0 Å². The summed E-state index contributed by atoms with van der Waals surface area (Å²) in [5.74, 6) is 1.13. The predicted molar refractivity (Wildman–Crippen MR) is 77.1 cm³/mol. The Morgan fingerprint density at radius 3 is 2.74 bits per heavy atom. The SMILES string of the molecule is COc1ccc2c(c1)c(CC(=N)OC(C)C)cn2C. The largest absolute Gasteiger partial charge is 0.497 e. The molecule has 0 spiro atoms. The lowest BCUT2D eigenvalue weighted by Gasteiger charge is -2.10. The Hall–Kier alpha value is -1.97. The van der Waals surface area contributed by atoms with Crippen LogP contribution in [0.25, 0.3) is 10.9 Å². The second-order valence-corrected chi connectivity index (χ2v) is 4.91. The molecule has 0 bridgehead atoms. The van der Waals surface area contributed by atoms with Gasteiger partial charge in [-0.25, -0.2) is 0 Å². The zero-order chi connectivity index (χ0) is 14.0. The van der Waals surface area contributed by atoms with Crippen molar-refractivity contribution < 1.29 is 9.47 Å². The summed E-state index contributed by atoms with van der Waals surface area (Å²) < 4.78 is 12.7. The topological polar surface area (TPSA) is 47.2 Å². The quantitative estimate of drug-likeness (QED) is 0.678. The molecule has 0 amide bonds. The first-order chi connectivity index (χ1) is 9.01. The molecule has 0 aliphatic heterocycles. The Morgan fingerprint density at radius 1 is 1.37 bits per heavy atom. The molecule has 1 aromatic carbocycles. The molecule has 2 aromatic rings. The van der Waals surface area contributed by atoms with Gasteiger partial charge >= 0.3 is 0 Å². The molecular weight excluding hydrogens is 240 g/mol. The summed E-state index contributed by atoms with van der Waals surface area (Å²) in [5.41, 5.74) is 2.22. The van der Waals surface area contributed by atoms with Gasteiger partial charge in [0.2, 0.25) is 0 Å². The van der Waals surface area contributed by atoms with Crippen LogP contribution in [-0.4, -0.2) is 23.7 Å². The van der Waals surface area contributed by atoms with Crippen molar-refractivity contribution in [3.05, 3.63) is 30.0 Å². The Morgan fingerprint density at radius 2 is 2.11 bits per heavy atom. The molecule has 0 saturated heterocycles. The number of aromatic nitrogens is 1. The number of ether oxygens (including phenoxy) is 2. The summed E-state index contributed by atoms with van der Waals surface area (Å²) in [7, 11) is 3.67. The molecule has 2 rings (SSSR count). The fourth-order valence-corrected chi connectivity index (χ4v) is 2.22. The van der Waals surface area contributed by atoms with E-state index < -0.39 is 0 Å². The Labute approximate surface area is 113 Å². The van der Waals surface area contributed by atoms with Gasteiger partial charge in [-0.3, -0.25) is 5.41 Å². The van der Waals surface area contributed by atoms with Crippen LogP contribution in [0.3, 0.4) is 0 Å². The van der Waals surface area contributed by atoms with Crippen LogP contribution in [0.2, 0.25) is 0 Å². The number of nitrogens with zero attached hydrogens (tertiary/aromatic N) is 1. The van der Waals surface area contributed by atoms with Crippen LogP contribution in [0.5, 0.6) is 5.75 Å². The molecule has 4 heteroatoms. The van der Waals surface area contributed by atoms with E-state index in [1.54, 1.807) is 7.11 Å². The lowest BCUT2D eigenvalue weighted by atomic mass is 10.1. The summed E-state index contributed by atoms with van der Waals surface area (Å²) in [6.07, 6.45) is 2.59. The van der Waals surface area contributed by atoms with E-state index in [4.69, 9.17) is 14.9 Å². The van der Waals surface area contributed by atoms with Crippen molar-refractivity contribution in [2.24, 2.45) is 7.05 Å². The van der Waals surface area contributed by atoms with E-state index in [2.05, 4.69) is 4.57 Å². The summed E-state index contributed by atoms with van der Waals surface area (Å²) in [6, 6.07) is 5.99. The highest BCUT2D eigenvalue weighted by Gasteiger charge is 2.11. The van der Waals surface area contributed by atoms with Crippen molar-refractivity contribution in [1.82, 2.24) is 4.57 Å². The lowest BCUT2D eigenvalue weighted by molar-refractivity contribution is 0.221. The van der Waals surface area contributed by atoms with Crippen LogP contribution in [0.4, 0.5) is 0 Å². The average molecular weight is 260 g/mol. The molecule has 102 valence electrons. The van der Waals surface area contributed by atoms with Crippen LogP contribution in [-0.2, 0) is 18.2 Å². The van der Waals surface area contributed by atoms with Gasteiger partial charge in [0.15, 0.2) is 5.90 Å². The number of fused-ring (bicyclic) bond motifs is 1. The predicted octanol–water partition coefficient (Wildman–Crippen LogP) is 3.13. The number of methoxy groups -OCH3 is 1. The van der Waals surface area contributed by atoms with Crippen LogP contribution in [0, 0.1) is 5.41 Å². The molecule has 1 aromatic heterocycles. The second-order valence-electron chi connectivity index (χ2n) is 4.91. The number of nitrogens with one attached hydrogen (secondary N) is 1. The molecule has 0 atom stereocenters. The lowest BCUT2D eigenvalue weighted by Crippen LogP contribution is -2.12. The van der Waals surface area contributed by atoms with Gasteiger partial charge in [0, 0.05) is 24.1 Å². The minimum atomic E-state index is 0.0389. The van der Waals surface area contributed by atoms with Crippen molar-refractivity contribution in [3.8, 4) is 5.75 Å². The number of hydrogen-bond acceptors (Lipinski definition) is 3. The van der Waals surface area contributed by atoms with Crippen LogP contribution >= 0.6 is 0 Å². The van der Waals surface area contributed by atoms with Crippen LogP contribution < -0.4 is 4.74 Å². The van der Waals surface area contributed by atoms with Gasteiger partial charge in [-0.2, -0.15) is 0 Å². The molecule has 0 aliphatic rings. The Kier molecular flexibility index (Phi) is 3.79. The molecule has 0 fully saturated rings. The number of aryl methyl sites for hydroxylation is 1. The van der Waals surface area contributed by atoms with E-state index in [9.17, 15) is 0 Å². The molecule has 19 heavy (non-hydrogen) atoms. The third kappa shape index (κ3) is 2.89. The van der Waals surface area contributed by atoms with Crippen molar-refractivity contribution >= 4 is 16.8 Å². The van der Waals surface area contributed by atoms with E-state index in [0.717, 1.165) is 22.2 Å². The second kappa shape index (κ2) is 5.34. The third-order valence-electron chi connectivity index (χ3n) is 3.01. The van der Waals surface area contributed by atoms with E-state index in [1.807, 2.05) is 45.3 Å². The van der Waals surface area contributed by atoms with E-state index in [-0.39, 0.29) is 6.10 Å². The Bertz CT molecular complexity index is 599. The molecule has 1 N–H and O–H groups in total. The minimum absolute atomic E-state index is 0.0389. The Balaban J connectivity index is 2.34. The van der Waals surface area contributed by atoms with Gasteiger partial charge in [-0.1, -0.05) is 0 Å². The minimum Gasteiger partial charge on any atom is -0.497 e. The van der Waals surface area contributed by atoms with Crippen molar-refractivity contribution in [2.75, 3.05) is 7.11 Å². The standard InChI is InChI=1S/C15H20N2O2/c1-10(2)19-15(16)7-11-9-17(3)14-6-5-12(18-4)8-13(11)14/h5-6,8-10,16H,7H2,1-4H3. The highest BCUT2D eigenvalue weighted by Crippen LogP contribution is 2.26. The first-order valence-corrected chi connectivity index (χ1v) is 6.37. The van der Waals surface area contributed by atoms with Gasteiger partial charge in [0.05, 0.1) is 19.6 Å². The van der Waals surface area contributed by atoms with Crippen molar-refractivity contribution in [1.29, 1.82) is 5.41 Å². The van der Waals surface area contributed by atoms with Gasteiger partial charge in [0.25, 0.3) is 0 Å². The number of hydrogen-bond donors (Lipinski definition) is 1. The highest BCUT2D eigenvalue weighted by atomic mass is 16.5. The molecule has 1 heterocycles. The zero-order valence-electron chi connectivity index (χ0n) is 11.9. The van der Waals surface area contributed by atoms with Crippen molar-refractivity contribution in [2.45, 2.75) is 26.4 Å². The number of benzene rings is 1. The summed E-state index contributed by atoms with van der Waals surface area (Å²) in [5, 5.41) is 8.99. The number of rotatable bonds is 4.